The van der Waals surface area contributed by atoms with Crippen LogP contribution in [0.2, 0.25) is 0 Å². The van der Waals surface area contributed by atoms with Gasteiger partial charge in [0.05, 0.1) is 11.3 Å². The van der Waals surface area contributed by atoms with E-state index in [-0.39, 0.29) is 17.9 Å². The second-order valence-corrected chi connectivity index (χ2v) is 8.79. The fourth-order valence-electron chi connectivity index (χ4n) is 3.23. The number of aromatic nitrogens is 1. The van der Waals surface area contributed by atoms with E-state index in [1.807, 2.05) is 62.4 Å². The molecule has 2 aromatic carbocycles. The summed E-state index contributed by atoms with van der Waals surface area (Å²) < 4.78 is 27.0. The molecule has 0 aliphatic rings. The minimum absolute atomic E-state index is 0.0312. The summed E-state index contributed by atoms with van der Waals surface area (Å²) in [5.41, 5.74) is 4.38. The maximum absolute atomic E-state index is 12.3. The standard InChI is InChI=1S/C21H24N2O3S/c1-15-12-16(2)20-19(13-15)14-18(21(24)23-20)8-10-22-27(25,26)11-9-17-6-4-3-5-7-17/h3-7,12-14,22H,8-11H2,1-2H3,(H,23,24). The molecule has 0 fully saturated rings. The number of hydrogen-bond acceptors (Lipinski definition) is 3. The molecule has 0 saturated carbocycles. The number of aryl methyl sites for hydroxylation is 3. The van der Waals surface area contributed by atoms with Crippen LogP contribution in [0.4, 0.5) is 0 Å². The molecule has 0 aliphatic heterocycles. The monoisotopic (exact) mass is 384 g/mol. The minimum Gasteiger partial charge on any atom is -0.321 e. The molecule has 0 atom stereocenters. The lowest BCUT2D eigenvalue weighted by molar-refractivity contribution is 0.580. The first-order valence-electron chi connectivity index (χ1n) is 8.98. The minimum atomic E-state index is -3.38. The van der Waals surface area contributed by atoms with Crippen molar-refractivity contribution in [1.82, 2.24) is 9.71 Å². The van der Waals surface area contributed by atoms with Gasteiger partial charge in [-0.2, -0.15) is 0 Å². The van der Waals surface area contributed by atoms with Gasteiger partial charge in [0.25, 0.3) is 5.56 Å². The summed E-state index contributed by atoms with van der Waals surface area (Å²) >= 11 is 0. The maximum Gasteiger partial charge on any atom is 0.251 e. The number of H-pyrrole nitrogens is 1. The van der Waals surface area contributed by atoms with E-state index in [1.54, 1.807) is 0 Å². The molecule has 0 unspecified atom stereocenters. The van der Waals surface area contributed by atoms with Crippen LogP contribution < -0.4 is 10.3 Å². The van der Waals surface area contributed by atoms with Gasteiger partial charge >= 0.3 is 0 Å². The van der Waals surface area contributed by atoms with Gasteiger partial charge in [0.1, 0.15) is 0 Å². The van der Waals surface area contributed by atoms with Gasteiger partial charge in [0.2, 0.25) is 10.0 Å². The van der Waals surface area contributed by atoms with Crippen LogP contribution in [0.25, 0.3) is 10.9 Å². The summed E-state index contributed by atoms with van der Waals surface area (Å²) in [7, 11) is -3.38. The third-order valence-corrected chi connectivity index (χ3v) is 5.97. The Balaban J connectivity index is 1.64. The van der Waals surface area contributed by atoms with Crippen LogP contribution in [0.1, 0.15) is 22.3 Å². The number of fused-ring (bicyclic) bond motifs is 1. The zero-order chi connectivity index (χ0) is 19.4. The molecule has 0 bridgehead atoms. The van der Waals surface area contributed by atoms with Crippen molar-refractivity contribution in [1.29, 1.82) is 0 Å². The lowest BCUT2D eigenvalue weighted by Crippen LogP contribution is -2.30. The van der Waals surface area contributed by atoms with E-state index in [1.165, 1.54) is 0 Å². The maximum atomic E-state index is 12.3. The van der Waals surface area contributed by atoms with Gasteiger partial charge in [-0.3, -0.25) is 4.79 Å². The first kappa shape index (κ1) is 19.3. The molecule has 0 saturated heterocycles. The zero-order valence-corrected chi connectivity index (χ0v) is 16.4. The van der Waals surface area contributed by atoms with Gasteiger partial charge in [-0.05, 0) is 55.3 Å². The van der Waals surface area contributed by atoms with E-state index in [2.05, 4.69) is 9.71 Å². The highest BCUT2D eigenvalue weighted by Crippen LogP contribution is 2.18. The summed E-state index contributed by atoms with van der Waals surface area (Å²) in [5.74, 6) is 0.0312. The first-order valence-corrected chi connectivity index (χ1v) is 10.6. The third kappa shape index (κ3) is 5.05. The molecule has 142 valence electrons. The van der Waals surface area contributed by atoms with Crippen LogP contribution in [0.15, 0.2) is 53.3 Å². The zero-order valence-electron chi connectivity index (χ0n) is 15.6. The van der Waals surface area contributed by atoms with Crippen LogP contribution in [0, 0.1) is 13.8 Å². The smallest absolute Gasteiger partial charge is 0.251 e. The Morgan fingerprint density at radius 2 is 1.74 bits per heavy atom. The van der Waals surface area contributed by atoms with Crippen molar-refractivity contribution in [2.24, 2.45) is 0 Å². The fraction of sp³-hybridized carbons (Fsp3) is 0.286. The largest absolute Gasteiger partial charge is 0.321 e. The van der Waals surface area contributed by atoms with Crippen LogP contribution in [-0.4, -0.2) is 25.7 Å². The molecule has 2 N–H and O–H groups in total. The number of rotatable bonds is 7. The number of sulfonamides is 1. The molecule has 1 aromatic heterocycles. The number of nitrogens with one attached hydrogen (secondary N) is 2. The van der Waals surface area contributed by atoms with Crippen LogP contribution >= 0.6 is 0 Å². The Bertz CT molecular complexity index is 1100. The SMILES string of the molecule is Cc1cc(C)c2[nH]c(=O)c(CCNS(=O)(=O)CCc3ccccc3)cc2c1. The molecule has 0 amide bonds. The molecule has 1 heterocycles. The van der Waals surface area contributed by atoms with Crippen LogP contribution in [0.3, 0.4) is 0 Å². The van der Waals surface area contributed by atoms with Crippen molar-refractivity contribution in [3.05, 3.63) is 81.1 Å². The van der Waals surface area contributed by atoms with Gasteiger partial charge < -0.3 is 4.98 Å². The number of aromatic amines is 1. The topological polar surface area (TPSA) is 79.0 Å². The number of hydrogen-bond donors (Lipinski definition) is 2. The van der Waals surface area contributed by atoms with Gasteiger partial charge in [-0.25, -0.2) is 13.1 Å². The highest BCUT2D eigenvalue weighted by atomic mass is 32.2. The van der Waals surface area contributed by atoms with Gasteiger partial charge in [0.15, 0.2) is 0 Å². The molecule has 0 spiro atoms. The number of benzene rings is 2. The summed E-state index contributed by atoms with van der Waals surface area (Å²) in [6.45, 7) is 4.18. The van der Waals surface area contributed by atoms with Crippen molar-refractivity contribution in [2.45, 2.75) is 26.7 Å². The second kappa shape index (κ2) is 8.06. The average molecular weight is 385 g/mol. The summed E-state index contributed by atoms with van der Waals surface area (Å²) in [6, 6.07) is 15.4. The van der Waals surface area contributed by atoms with Crippen molar-refractivity contribution in [3.63, 3.8) is 0 Å². The predicted octanol–water partition coefficient (Wildman–Crippen LogP) is 2.85. The normalized spacial score (nSPS) is 11.8. The quantitative estimate of drug-likeness (QED) is 0.657. The third-order valence-electron chi connectivity index (χ3n) is 4.59. The van der Waals surface area contributed by atoms with Gasteiger partial charge in [-0.15, -0.1) is 0 Å². The molecule has 27 heavy (non-hydrogen) atoms. The lowest BCUT2D eigenvalue weighted by atomic mass is 10.0. The molecule has 6 heteroatoms. The Labute approximate surface area is 159 Å². The van der Waals surface area contributed by atoms with E-state index in [9.17, 15) is 13.2 Å². The summed E-state index contributed by atoms with van der Waals surface area (Å²) in [6.07, 6.45) is 0.814. The van der Waals surface area contributed by atoms with Crippen molar-refractivity contribution >= 4 is 20.9 Å². The number of pyridine rings is 1. The van der Waals surface area contributed by atoms with Crippen molar-refractivity contribution in [2.75, 3.05) is 12.3 Å². The summed E-state index contributed by atoms with van der Waals surface area (Å²) in [5, 5.41) is 0.967. The van der Waals surface area contributed by atoms with Gasteiger partial charge in [-0.1, -0.05) is 42.0 Å². The van der Waals surface area contributed by atoms with E-state index >= 15 is 0 Å². The molecular weight excluding hydrogens is 360 g/mol. The van der Waals surface area contributed by atoms with Crippen LogP contribution in [0.5, 0.6) is 0 Å². The average Bonchev–Trinajstić information content (AvgIpc) is 2.62. The first-order chi connectivity index (χ1) is 12.8. The van der Waals surface area contributed by atoms with Crippen molar-refractivity contribution in [3.8, 4) is 0 Å². The van der Waals surface area contributed by atoms with E-state index < -0.39 is 10.0 Å². The molecule has 0 radical (unpaired) electrons. The Morgan fingerprint density at radius 3 is 2.48 bits per heavy atom. The molecule has 5 nitrogen and oxygen atoms in total. The lowest BCUT2D eigenvalue weighted by Gasteiger charge is -2.09. The Hall–Kier alpha value is -2.44. The van der Waals surface area contributed by atoms with E-state index in [0.29, 0.717) is 18.4 Å². The second-order valence-electron chi connectivity index (χ2n) is 6.87. The van der Waals surface area contributed by atoms with Gasteiger partial charge in [0, 0.05) is 12.1 Å². The highest BCUT2D eigenvalue weighted by molar-refractivity contribution is 7.89. The van der Waals surface area contributed by atoms with E-state index in [0.717, 1.165) is 27.6 Å². The molecular formula is C21H24N2O3S. The molecule has 3 rings (SSSR count). The Kier molecular flexibility index (Phi) is 5.77. The fourth-order valence-corrected chi connectivity index (χ4v) is 4.29. The molecule has 3 aromatic rings. The summed E-state index contributed by atoms with van der Waals surface area (Å²) in [4.78, 5) is 15.2. The highest BCUT2D eigenvalue weighted by Gasteiger charge is 2.11. The van der Waals surface area contributed by atoms with Crippen LogP contribution in [-0.2, 0) is 22.9 Å². The van der Waals surface area contributed by atoms with E-state index in [4.69, 9.17) is 0 Å². The Morgan fingerprint density at radius 1 is 1.00 bits per heavy atom. The predicted molar refractivity (Wildman–Crippen MR) is 110 cm³/mol. The van der Waals surface area contributed by atoms with Crippen molar-refractivity contribution < 1.29 is 8.42 Å². The molecule has 0 aliphatic carbocycles.